The summed E-state index contributed by atoms with van der Waals surface area (Å²) in [6.07, 6.45) is 0.274. The van der Waals surface area contributed by atoms with Gasteiger partial charge >= 0.3 is 11.9 Å². The number of carboxylic acid groups (broad SMARTS) is 2. The molecule has 1 saturated heterocycles. The van der Waals surface area contributed by atoms with Crippen molar-refractivity contribution in [1.82, 2.24) is 15.6 Å². The first-order valence-electron chi connectivity index (χ1n) is 10.00. The molecule has 160 valence electrons. The maximum Gasteiger partial charge on any atom is 0.312 e. The van der Waals surface area contributed by atoms with E-state index in [0.29, 0.717) is 16.6 Å². The summed E-state index contributed by atoms with van der Waals surface area (Å²) in [6.45, 7) is 7.18. The maximum absolute atomic E-state index is 12.9. The smallest absolute Gasteiger partial charge is 0.312 e. The van der Waals surface area contributed by atoms with Gasteiger partial charge in [0.2, 0.25) is 0 Å². The van der Waals surface area contributed by atoms with Gasteiger partial charge in [-0.05, 0) is 47.6 Å². The molecule has 0 aliphatic carbocycles. The number of nitriles is 1. The molecule has 0 saturated carbocycles. The molecule has 1 aromatic carbocycles. The van der Waals surface area contributed by atoms with E-state index >= 15 is 0 Å². The zero-order valence-electron chi connectivity index (χ0n) is 17.4. The van der Waals surface area contributed by atoms with Crippen molar-refractivity contribution in [1.29, 1.82) is 5.26 Å². The van der Waals surface area contributed by atoms with E-state index < -0.39 is 40.8 Å². The SMILES string of the molecule is CCC1(C(=O)O)C(C#N)NC(C)C(CC(C)C)(C(=O)O)C1c1cccc2nonc12. The van der Waals surface area contributed by atoms with E-state index in [0.717, 1.165) is 0 Å². The Morgan fingerprint density at radius 1 is 1.27 bits per heavy atom. The number of aliphatic carboxylic acids is 2. The number of benzene rings is 1. The number of hydrogen-bond acceptors (Lipinski definition) is 7. The van der Waals surface area contributed by atoms with E-state index in [1.807, 2.05) is 13.8 Å². The molecule has 9 heteroatoms. The van der Waals surface area contributed by atoms with Gasteiger partial charge in [0.1, 0.15) is 22.5 Å². The van der Waals surface area contributed by atoms with Crippen LogP contribution in [0.4, 0.5) is 0 Å². The van der Waals surface area contributed by atoms with E-state index in [1.54, 1.807) is 32.0 Å². The molecule has 0 radical (unpaired) electrons. The second-order valence-electron chi connectivity index (χ2n) is 8.51. The Kier molecular flexibility index (Phi) is 5.56. The molecule has 3 rings (SSSR count). The van der Waals surface area contributed by atoms with E-state index in [1.165, 1.54) is 0 Å². The molecule has 1 aromatic heterocycles. The lowest BCUT2D eigenvalue weighted by atomic mass is 9.49. The van der Waals surface area contributed by atoms with Crippen molar-refractivity contribution in [3.63, 3.8) is 0 Å². The molecule has 0 amide bonds. The summed E-state index contributed by atoms with van der Waals surface area (Å²) in [7, 11) is 0. The maximum atomic E-state index is 12.9. The summed E-state index contributed by atoms with van der Waals surface area (Å²) in [6, 6.07) is 5.36. The van der Waals surface area contributed by atoms with Gasteiger partial charge in [0.25, 0.3) is 0 Å². The predicted molar refractivity (Wildman–Crippen MR) is 106 cm³/mol. The number of fused-ring (bicyclic) bond motifs is 1. The average Bonchev–Trinajstić information content (AvgIpc) is 3.17. The summed E-state index contributed by atoms with van der Waals surface area (Å²) in [5, 5.41) is 41.7. The topological polar surface area (TPSA) is 149 Å². The third kappa shape index (κ3) is 2.86. The predicted octanol–water partition coefficient (Wildman–Crippen LogP) is 2.79. The Morgan fingerprint density at radius 2 is 1.93 bits per heavy atom. The van der Waals surface area contributed by atoms with Crippen molar-refractivity contribution < 1.29 is 24.4 Å². The van der Waals surface area contributed by atoms with Crippen LogP contribution in [0.25, 0.3) is 11.0 Å². The van der Waals surface area contributed by atoms with Gasteiger partial charge in [-0.2, -0.15) is 5.26 Å². The minimum Gasteiger partial charge on any atom is -0.481 e. The van der Waals surface area contributed by atoms with Crippen molar-refractivity contribution in [2.24, 2.45) is 16.7 Å². The van der Waals surface area contributed by atoms with Crippen LogP contribution in [-0.2, 0) is 9.59 Å². The van der Waals surface area contributed by atoms with Gasteiger partial charge in [-0.3, -0.25) is 14.9 Å². The minimum absolute atomic E-state index is 0.0375. The third-order valence-corrected chi connectivity index (χ3v) is 6.62. The molecule has 5 atom stereocenters. The molecule has 1 aliphatic rings. The standard InChI is InChI=1S/C21H26N4O5/c1-5-20(18(26)27)15(10-22)23-12(4)21(19(28)29,9-11(2)3)17(20)13-7-6-8-14-16(13)25-30-24-14/h6-8,11-12,15,17,23H,5,9H2,1-4H3,(H,26,27)(H,28,29). The second-order valence-corrected chi connectivity index (χ2v) is 8.51. The van der Waals surface area contributed by atoms with Crippen LogP contribution in [0.15, 0.2) is 22.8 Å². The van der Waals surface area contributed by atoms with Crippen LogP contribution >= 0.6 is 0 Å². The van der Waals surface area contributed by atoms with Crippen molar-refractivity contribution in [3.8, 4) is 6.07 Å². The molecule has 2 aromatic rings. The van der Waals surface area contributed by atoms with E-state index in [2.05, 4.69) is 21.7 Å². The number of nitrogens with zero attached hydrogens (tertiary/aromatic N) is 3. The lowest BCUT2D eigenvalue weighted by Gasteiger charge is -2.56. The third-order valence-electron chi connectivity index (χ3n) is 6.62. The van der Waals surface area contributed by atoms with Crippen molar-refractivity contribution >= 4 is 23.0 Å². The number of nitrogens with one attached hydrogen (secondary N) is 1. The van der Waals surface area contributed by atoms with Gasteiger partial charge in [0.05, 0.1) is 11.5 Å². The molecular formula is C21H26N4O5. The molecule has 1 fully saturated rings. The minimum atomic E-state index is -1.69. The number of carbonyl (C=O) groups is 2. The van der Waals surface area contributed by atoms with Crippen LogP contribution in [0.5, 0.6) is 0 Å². The van der Waals surface area contributed by atoms with Gasteiger partial charge < -0.3 is 10.2 Å². The highest BCUT2D eigenvalue weighted by molar-refractivity contribution is 5.87. The van der Waals surface area contributed by atoms with Crippen LogP contribution in [0.1, 0.15) is 52.0 Å². The first-order valence-corrected chi connectivity index (χ1v) is 10.00. The monoisotopic (exact) mass is 414 g/mol. The molecule has 2 heterocycles. The van der Waals surface area contributed by atoms with Crippen LogP contribution < -0.4 is 5.32 Å². The molecule has 1 aliphatic heterocycles. The Labute approximate surface area is 174 Å². The van der Waals surface area contributed by atoms with E-state index in [9.17, 15) is 25.1 Å². The lowest BCUT2D eigenvalue weighted by molar-refractivity contribution is -0.173. The zero-order chi connectivity index (χ0) is 22.3. The summed E-state index contributed by atoms with van der Waals surface area (Å²) in [5.41, 5.74) is -2.03. The summed E-state index contributed by atoms with van der Waals surface area (Å²) in [4.78, 5) is 25.7. The number of piperidine rings is 1. The van der Waals surface area contributed by atoms with Gasteiger partial charge in [0.15, 0.2) is 0 Å². The van der Waals surface area contributed by atoms with Crippen molar-refractivity contribution in [2.75, 3.05) is 0 Å². The molecule has 5 unspecified atom stereocenters. The largest absolute Gasteiger partial charge is 0.481 e. The Morgan fingerprint density at radius 3 is 2.47 bits per heavy atom. The van der Waals surface area contributed by atoms with Gasteiger partial charge in [-0.25, -0.2) is 4.63 Å². The van der Waals surface area contributed by atoms with Gasteiger partial charge in [-0.15, -0.1) is 0 Å². The lowest BCUT2D eigenvalue weighted by Crippen LogP contribution is -2.70. The highest BCUT2D eigenvalue weighted by atomic mass is 16.6. The number of rotatable bonds is 6. The zero-order valence-corrected chi connectivity index (χ0v) is 17.4. The fourth-order valence-corrected chi connectivity index (χ4v) is 5.36. The normalized spacial score (nSPS) is 31.5. The summed E-state index contributed by atoms with van der Waals surface area (Å²) < 4.78 is 4.87. The number of carboxylic acids is 2. The Balaban J connectivity index is 2.47. The van der Waals surface area contributed by atoms with Crippen molar-refractivity contribution in [3.05, 3.63) is 23.8 Å². The van der Waals surface area contributed by atoms with Crippen molar-refractivity contribution in [2.45, 2.75) is 58.5 Å². The van der Waals surface area contributed by atoms with Gasteiger partial charge in [0, 0.05) is 12.0 Å². The summed E-state index contributed by atoms with van der Waals surface area (Å²) >= 11 is 0. The summed E-state index contributed by atoms with van der Waals surface area (Å²) in [5.74, 6) is -3.40. The molecule has 3 N–H and O–H groups in total. The number of hydrogen-bond donors (Lipinski definition) is 3. The Hall–Kier alpha value is -2.99. The van der Waals surface area contributed by atoms with Gasteiger partial charge in [-0.1, -0.05) is 32.9 Å². The first kappa shape index (κ1) is 21.7. The average molecular weight is 414 g/mol. The van der Waals surface area contributed by atoms with E-state index in [-0.39, 0.29) is 18.8 Å². The first-order chi connectivity index (χ1) is 14.2. The highest BCUT2D eigenvalue weighted by Crippen LogP contribution is 2.59. The van der Waals surface area contributed by atoms with E-state index in [4.69, 9.17) is 4.63 Å². The molecule has 30 heavy (non-hydrogen) atoms. The fourth-order valence-electron chi connectivity index (χ4n) is 5.36. The molecule has 0 spiro atoms. The van der Waals surface area contributed by atoms with Crippen LogP contribution in [0.3, 0.4) is 0 Å². The Bertz CT molecular complexity index is 1010. The number of aromatic nitrogens is 2. The molecular weight excluding hydrogens is 388 g/mol. The quantitative estimate of drug-likeness (QED) is 0.648. The molecule has 0 bridgehead atoms. The molecule has 9 nitrogen and oxygen atoms in total. The highest BCUT2D eigenvalue weighted by Gasteiger charge is 2.68. The fraction of sp³-hybridized carbons (Fsp3) is 0.571. The van der Waals surface area contributed by atoms with Crippen LogP contribution in [0.2, 0.25) is 0 Å². The van der Waals surface area contributed by atoms with Crippen LogP contribution in [0, 0.1) is 28.1 Å². The second kappa shape index (κ2) is 7.69. The van der Waals surface area contributed by atoms with Crippen LogP contribution in [-0.4, -0.2) is 44.5 Å².